The average molecular weight is 644 g/mol. The fourth-order valence-corrected chi connectivity index (χ4v) is 5.66. The van der Waals surface area contributed by atoms with Crippen LogP contribution in [0.1, 0.15) is 67.9 Å². The van der Waals surface area contributed by atoms with Crippen LogP contribution in [-0.2, 0) is 33.9 Å². The van der Waals surface area contributed by atoms with Gasteiger partial charge in [-0.25, -0.2) is 0 Å². The molecule has 4 amide bonds. The molecular formula is C36H49N7O4. The van der Waals surface area contributed by atoms with Crippen LogP contribution in [0.3, 0.4) is 0 Å². The first-order chi connectivity index (χ1) is 22.7. The largest absolute Gasteiger partial charge is 0.354 e. The number of hydrogen-bond donors (Lipinski definition) is 4. The summed E-state index contributed by atoms with van der Waals surface area (Å²) in [5, 5.41) is 15.8. The summed E-state index contributed by atoms with van der Waals surface area (Å²) in [5.41, 5.74) is 2.40. The molecule has 0 saturated heterocycles. The Bertz CT molecular complexity index is 1430. The van der Waals surface area contributed by atoms with Crippen molar-refractivity contribution < 1.29 is 19.2 Å². The van der Waals surface area contributed by atoms with Crippen molar-refractivity contribution in [2.45, 2.75) is 84.1 Å². The first-order valence-electron chi connectivity index (χ1n) is 16.7. The Labute approximate surface area is 277 Å². The molecule has 11 heteroatoms. The molecule has 3 heterocycles. The second-order valence-electron chi connectivity index (χ2n) is 12.7. The normalized spacial score (nSPS) is 21.0. The molecule has 2 bridgehead atoms. The first-order valence-corrected chi connectivity index (χ1v) is 16.7. The van der Waals surface area contributed by atoms with Crippen molar-refractivity contribution in [1.82, 2.24) is 35.9 Å². The van der Waals surface area contributed by atoms with Crippen molar-refractivity contribution in [3.63, 3.8) is 0 Å². The van der Waals surface area contributed by atoms with Gasteiger partial charge in [-0.15, -0.1) is 0 Å². The number of benzene rings is 2. The molecule has 0 radical (unpaired) electrons. The third-order valence-electron chi connectivity index (χ3n) is 8.24. The number of nitrogens with one attached hydrogen (secondary N) is 4. The molecule has 1 aromatic heterocycles. The van der Waals surface area contributed by atoms with Crippen LogP contribution in [0.15, 0.2) is 73.1 Å². The van der Waals surface area contributed by atoms with Gasteiger partial charge in [-0.05, 0) is 74.4 Å². The summed E-state index contributed by atoms with van der Waals surface area (Å²) < 4.78 is 1.93. The third-order valence-corrected chi connectivity index (χ3v) is 8.24. The minimum atomic E-state index is -0.924. The Kier molecular flexibility index (Phi) is 13.5. The summed E-state index contributed by atoms with van der Waals surface area (Å²) in [5.74, 6) is -1.45. The van der Waals surface area contributed by atoms with E-state index in [1.54, 1.807) is 25.3 Å². The van der Waals surface area contributed by atoms with Crippen LogP contribution < -0.4 is 21.3 Å². The molecule has 2 aromatic carbocycles. The zero-order valence-electron chi connectivity index (χ0n) is 27.8. The number of carbonyl (C=O) groups excluding carboxylic acids is 4. The lowest BCUT2D eigenvalue weighted by Gasteiger charge is -2.25. The Balaban J connectivity index is 1.55. The van der Waals surface area contributed by atoms with Crippen molar-refractivity contribution in [2.75, 3.05) is 19.6 Å². The minimum Gasteiger partial charge on any atom is -0.354 e. The molecule has 252 valence electrons. The molecule has 0 fully saturated rings. The van der Waals surface area contributed by atoms with Gasteiger partial charge in [0.05, 0.1) is 0 Å². The van der Waals surface area contributed by atoms with E-state index in [9.17, 15) is 19.2 Å². The molecular weight excluding hydrogens is 594 g/mol. The van der Waals surface area contributed by atoms with Crippen molar-refractivity contribution >= 4 is 23.6 Å². The van der Waals surface area contributed by atoms with Gasteiger partial charge in [-0.1, -0.05) is 56.3 Å². The van der Waals surface area contributed by atoms with Crippen molar-refractivity contribution in [3.8, 4) is 0 Å². The summed E-state index contributed by atoms with van der Waals surface area (Å²) in [6.07, 6.45) is 6.96. The van der Waals surface area contributed by atoms with Crippen LogP contribution in [0.5, 0.6) is 0 Å². The lowest BCUT2D eigenvalue weighted by molar-refractivity contribution is -0.132. The van der Waals surface area contributed by atoms with E-state index in [0.29, 0.717) is 25.1 Å². The predicted molar refractivity (Wildman–Crippen MR) is 181 cm³/mol. The van der Waals surface area contributed by atoms with E-state index in [4.69, 9.17) is 0 Å². The number of rotatable bonds is 8. The summed E-state index contributed by atoms with van der Waals surface area (Å²) in [6.45, 7) is 9.30. The van der Waals surface area contributed by atoms with Crippen LogP contribution in [0, 0.1) is 5.92 Å². The number of fused-ring (bicyclic) bond motifs is 18. The van der Waals surface area contributed by atoms with Gasteiger partial charge < -0.3 is 21.3 Å². The Hall–Kier alpha value is -4.51. The van der Waals surface area contributed by atoms with Crippen molar-refractivity contribution in [3.05, 3.63) is 89.7 Å². The standard InChI is InChI=1S/C36H49N7O4/c1-26(2)23-31-35(46)39-27(3)33(44)37-17-7-8-19-42(20-10-22-43-21-9-18-38-43)25-29-13-15-30(16-14-29)34(45)40-32(36(47)41-31)24-28-11-5-4-6-12-28/h4-6,9,11-16,18,21,26-27,31-32H,7-8,10,17,19-20,22-25H2,1-3H3,(H,37,44)(H,39,46)(H,40,45)(H,41,47)/t27-,31+,32-/m1/s1. The number of aromatic nitrogens is 2. The van der Waals surface area contributed by atoms with Gasteiger partial charge in [-0.2, -0.15) is 5.10 Å². The number of nitrogens with zero attached hydrogens (tertiary/aromatic N) is 3. The van der Waals surface area contributed by atoms with Crippen LogP contribution >= 0.6 is 0 Å². The van der Waals surface area contributed by atoms with E-state index in [0.717, 1.165) is 50.0 Å². The highest BCUT2D eigenvalue weighted by Crippen LogP contribution is 2.13. The average Bonchev–Trinajstić information content (AvgIpc) is 3.57. The fourth-order valence-electron chi connectivity index (χ4n) is 5.66. The Morgan fingerprint density at radius 3 is 2.28 bits per heavy atom. The lowest BCUT2D eigenvalue weighted by atomic mass is 10.0. The Morgan fingerprint density at radius 2 is 1.57 bits per heavy atom. The number of amides is 4. The smallest absolute Gasteiger partial charge is 0.251 e. The van der Waals surface area contributed by atoms with Crippen LogP contribution in [-0.4, -0.2) is 76.1 Å². The quantitative estimate of drug-likeness (QED) is 0.279. The van der Waals surface area contributed by atoms with Gasteiger partial charge in [0.25, 0.3) is 5.91 Å². The minimum absolute atomic E-state index is 0.0930. The van der Waals surface area contributed by atoms with Gasteiger partial charge in [0.1, 0.15) is 18.1 Å². The predicted octanol–water partition coefficient (Wildman–Crippen LogP) is 3.06. The molecule has 2 aliphatic heterocycles. The number of aryl methyl sites for hydroxylation is 1. The van der Waals surface area contributed by atoms with E-state index in [-0.39, 0.29) is 24.2 Å². The molecule has 0 unspecified atom stereocenters. The SMILES string of the molecule is CC(C)C[C@@H]1NC(=O)[C@@H](Cc2ccccc2)NC(=O)c2ccc(cc2)CN(CCCn2cccn2)CCCCNC(=O)[C@@H](C)NC1=O. The maximum Gasteiger partial charge on any atom is 0.251 e. The molecule has 0 aliphatic carbocycles. The van der Waals surface area contributed by atoms with Gasteiger partial charge >= 0.3 is 0 Å². The maximum atomic E-state index is 13.7. The molecule has 2 aliphatic rings. The van der Waals surface area contributed by atoms with Gasteiger partial charge in [0.2, 0.25) is 17.7 Å². The van der Waals surface area contributed by atoms with Crippen molar-refractivity contribution in [2.24, 2.45) is 5.92 Å². The molecule has 0 saturated carbocycles. The number of carbonyl (C=O) groups is 4. The van der Waals surface area contributed by atoms with E-state index < -0.39 is 29.9 Å². The summed E-state index contributed by atoms with van der Waals surface area (Å²) in [7, 11) is 0. The maximum absolute atomic E-state index is 13.7. The van der Waals surface area contributed by atoms with E-state index in [2.05, 4.69) is 31.3 Å². The highest BCUT2D eigenvalue weighted by molar-refractivity contribution is 5.98. The van der Waals surface area contributed by atoms with E-state index in [1.165, 1.54) is 0 Å². The molecule has 5 rings (SSSR count). The summed E-state index contributed by atoms with van der Waals surface area (Å²) in [4.78, 5) is 55.8. The molecule has 11 nitrogen and oxygen atoms in total. The summed E-state index contributed by atoms with van der Waals surface area (Å²) >= 11 is 0. The summed E-state index contributed by atoms with van der Waals surface area (Å²) in [6, 6.07) is 16.3. The molecule has 0 spiro atoms. The highest BCUT2D eigenvalue weighted by Gasteiger charge is 2.29. The second-order valence-corrected chi connectivity index (χ2v) is 12.7. The second kappa shape index (κ2) is 18.0. The zero-order chi connectivity index (χ0) is 33.6. The van der Waals surface area contributed by atoms with Crippen molar-refractivity contribution in [1.29, 1.82) is 0 Å². The van der Waals surface area contributed by atoms with E-state index in [1.807, 2.05) is 73.3 Å². The first kappa shape index (κ1) is 35.3. The lowest BCUT2D eigenvalue weighted by Crippen LogP contribution is -2.57. The van der Waals surface area contributed by atoms with Crippen LogP contribution in [0.4, 0.5) is 0 Å². The molecule has 3 aromatic rings. The highest BCUT2D eigenvalue weighted by atomic mass is 16.2. The van der Waals surface area contributed by atoms with Gasteiger partial charge in [0, 0.05) is 50.6 Å². The van der Waals surface area contributed by atoms with Gasteiger partial charge in [-0.3, -0.25) is 28.8 Å². The van der Waals surface area contributed by atoms with Crippen LogP contribution in [0.2, 0.25) is 0 Å². The zero-order valence-corrected chi connectivity index (χ0v) is 27.8. The topological polar surface area (TPSA) is 137 Å². The van der Waals surface area contributed by atoms with Crippen LogP contribution in [0.25, 0.3) is 0 Å². The fraction of sp³-hybridized carbons (Fsp3) is 0.472. The third kappa shape index (κ3) is 11.7. The number of hydrogen-bond acceptors (Lipinski definition) is 6. The van der Waals surface area contributed by atoms with E-state index >= 15 is 0 Å². The molecule has 3 atom stereocenters. The monoisotopic (exact) mass is 643 g/mol. The Morgan fingerprint density at radius 1 is 0.830 bits per heavy atom. The van der Waals surface area contributed by atoms with Gasteiger partial charge in [0.15, 0.2) is 0 Å². The molecule has 4 N–H and O–H groups in total. The molecule has 47 heavy (non-hydrogen) atoms.